The minimum absolute atomic E-state index is 2.00. The number of hydrogen-bond acceptors (Lipinski definition) is 7. The van der Waals surface area contributed by atoms with Crippen LogP contribution in [0.25, 0.3) is 0 Å². The Morgan fingerprint density at radius 1 is 0.818 bits per heavy atom. The Hall–Kier alpha value is 2.58. The van der Waals surface area contributed by atoms with Crippen molar-refractivity contribution in [3.05, 3.63) is 0 Å². The SMILES string of the molecule is [O]=[La][O][La]=[O].[O]=[Ti]=[O].[O]=[Ti]=[O]. The topological polar surface area (TPSA) is 112 Å². The third-order valence-corrected chi connectivity index (χ3v) is 5.89. The predicted molar refractivity (Wildman–Crippen MR) is 5.20 cm³/mol. The van der Waals surface area contributed by atoms with E-state index in [4.69, 9.17) is 13.3 Å². The van der Waals surface area contributed by atoms with Crippen LogP contribution in [0.15, 0.2) is 0 Å². The van der Waals surface area contributed by atoms with Crippen molar-refractivity contribution in [2.24, 2.45) is 0 Å². The summed E-state index contributed by atoms with van der Waals surface area (Å²) in [4.78, 5) is 0. The maximum atomic E-state index is 9.37. The Morgan fingerprint density at radius 2 is 1.00 bits per heavy atom. The van der Waals surface area contributed by atoms with E-state index in [0.29, 0.717) is 0 Å². The Kier molecular flexibility index (Phi) is 51.2. The van der Waals surface area contributed by atoms with E-state index >= 15 is 0 Å². The molecular formula is La2O7Ti2. The Bertz CT molecular complexity index is 134. The first-order valence-corrected chi connectivity index (χ1v) is 10.2. The van der Waals surface area contributed by atoms with Gasteiger partial charge in [0.2, 0.25) is 0 Å². The van der Waals surface area contributed by atoms with Gasteiger partial charge in [0.05, 0.1) is 0 Å². The monoisotopic (exact) mass is 486 g/mol. The molecular weight excluding hydrogens is 486 g/mol. The fraction of sp³-hybridized carbons (Fsp3) is 0. The Labute approximate surface area is 115 Å². The summed E-state index contributed by atoms with van der Waals surface area (Å²) in [5.41, 5.74) is 0. The van der Waals surface area contributed by atoms with Gasteiger partial charge in [0.1, 0.15) is 0 Å². The van der Waals surface area contributed by atoms with Crippen LogP contribution in [0.3, 0.4) is 0 Å². The van der Waals surface area contributed by atoms with Gasteiger partial charge in [0.25, 0.3) is 0 Å². The van der Waals surface area contributed by atoms with Gasteiger partial charge in [-0.25, -0.2) is 0 Å². The maximum absolute atomic E-state index is 9.37. The van der Waals surface area contributed by atoms with Gasteiger partial charge in [-0.1, -0.05) is 0 Å². The molecule has 0 aliphatic carbocycles. The van der Waals surface area contributed by atoms with E-state index in [1.54, 1.807) is 0 Å². The Morgan fingerprint density at radius 3 is 1.00 bits per heavy atom. The second-order valence-electron chi connectivity index (χ2n) is 0.495. The average Bonchev–Trinajstić information content (AvgIpc) is 1.92. The molecule has 0 aliphatic rings. The van der Waals surface area contributed by atoms with E-state index < -0.39 is 103 Å². The summed E-state index contributed by atoms with van der Waals surface area (Å²) in [7, 11) is 0. The first kappa shape index (κ1) is 19.2. The van der Waals surface area contributed by atoms with E-state index in [1.807, 2.05) is 0 Å². The third-order valence-electron chi connectivity index (χ3n) is 0.111. The molecule has 0 bridgehead atoms. The van der Waals surface area contributed by atoms with Crippen LogP contribution >= 0.6 is 0 Å². The van der Waals surface area contributed by atoms with Crippen LogP contribution in [-0.4, -0.2) is 0 Å². The van der Waals surface area contributed by atoms with Gasteiger partial charge < -0.3 is 0 Å². The zero-order valence-electron chi connectivity index (χ0n) is 5.01. The zero-order chi connectivity index (χ0) is 9.54. The van der Waals surface area contributed by atoms with Crippen molar-refractivity contribution in [1.29, 1.82) is 0 Å². The molecule has 0 saturated heterocycles. The van der Waals surface area contributed by atoms with Crippen LogP contribution in [0, 0.1) is 65.0 Å². The summed E-state index contributed by atoms with van der Waals surface area (Å²) >= 11 is -8.04. The summed E-state index contributed by atoms with van der Waals surface area (Å²) < 4.78 is 56.9. The number of rotatable bonds is 2. The second-order valence-corrected chi connectivity index (χ2v) is 9.30. The summed E-state index contributed by atoms with van der Waals surface area (Å²) in [6.45, 7) is 0. The van der Waals surface area contributed by atoms with Crippen LogP contribution in [0.2, 0.25) is 0 Å². The molecule has 0 amide bonds. The van der Waals surface area contributed by atoms with Gasteiger partial charge >= 0.3 is 119 Å². The summed E-state index contributed by atoms with van der Waals surface area (Å²) in [5.74, 6) is 0. The van der Waals surface area contributed by atoms with E-state index in [-0.39, 0.29) is 0 Å². The van der Waals surface area contributed by atoms with E-state index in [1.165, 1.54) is 0 Å². The van der Waals surface area contributed by atoms with Crippen molar-refractivity contribution in [3.8, 4) is 0 Å². The molecule has 0 aromatic carbocycles. The van der Waals surface area contributed by atoms with Gasteiger partial charge in [-0.05, 0) is 0 Å². The molecule has 0 saturated carbocycles. The molecule has 0 N–H and O–H groups in total. The fourth-order valence-electron chi connectivity index (χ4n) is 0.0227. The minimum atomic E-state index is -2.02. The second kappa shape index (κ2) is 29.4. The normalized spacial score (nSPS) is 3.64. The van der Waals surface area contributed by atoms with Crippen molar-refractivity contribution in [2.75, 3.05) is 0 Å². The zero-order valence-corrected chi connectivity index (χ0v) is 15.4. The van der Waals surface area contributed by atoms with Crippen LogP contribution in [-0.2, 0) is 53.5 Å². The van der Waals surface area contributed by atoms with Gasteiger partial charge in [-0.3, -0.25) is 0 Å². The summed E-state index contributed by atoms with van der Waals surface area (Å²) in [5, 5.41) is 0. The molecule has 0 spiro atoms. The van der Waals surface area contributed by atoms with E-state index in [2.05, 4.69) is -1.33 Å². The van der Waals surface area contributed by atoms with Crippen molar-refractivity contribution in [1.82, 2.24) is 0 Å². The molecule has 7 nitrogen and oxygen atoms in total. The molecule has 0 rings (SSSR count). The van der Waals surface area contributed by atoms with E-state index in [9.17, 15) is 3.39 Å². The Balaban J connectivity index is -0.0000000933. The first-order valence-electron chi connectivity index (χ1n) is 1.76. The summed E-state index contributed by atoms with van der Waals surface area (Å²) in [6, 6.07) is 0. The van der Waals surface area contributed by atoms with Gasteiger partial charge in [0.15, 0.2) is 0 Å². The molecule has 0 radical (unpaired) electrons. The van der Waals surface area contributed by atoms with Crippen molar-refractivity contribution in [3.63, 3.8) is 0 Å². The van der Waals surface area contributed by atoms with Crippen molar-refractivity contribution in [2.45, 2.75) is 0 Å². The van der Waals surface area contributed by atoms with E-state index in [0.717, 1.165) is 0 Å². The fourth-order valence-corrected chi connectivity index (χ4v) is 1.20. The summed E-state index contributed by atoms with van der Waals surface area (Å²) in [6.07, 6.45) is 0. The molecule has 0 fully saturated rings. The van der Waals surface area contributed by atoms with Crippen LogP contribution < -0.4 is 0 Å². The van der Waals surface area contributed by atoms with Gasteiger partial charge in [-0.15, -0.1) is 0 Å². The van der Waals surface area contributed by atoms with Crippen LogP contribution in [0.1, 0.15) is 0 Å². The molecule has 0 unspecified atom stereocenters. The molecule has 0 aromatic heterocycles. The van der Waals surface area contributed by atoms with Crippen LogP contribution in [0.4, 0.5) is 0 Å². The standard InChI is InChI=1S/2La.7O.2Ti. The quantitative estimate of drug-likeness (QED) is 0.472. The van der Waals surface area contributed by atoms with Crippen molar-refractivity contribution >= 4 is 0 Å². The van der Waals surface area contributed by atoms with Crippen LogP contribution in [0.5, 0.6) is 0 Å². The molecule has 0 aliphatic heterocycles. The molecule has 0 heterocycles. The molecule has 11 heavy (non-hydrogen) atoms. The molecule has 11 heteroatoms. The molecule has 56 valence electrons. The van der Waals surface area contributed by atoms with Crippen molar-refractivity contribution < 1.29 is 119 Å². The number of hydrogen-bond donors (Lipinski definition) is 0. The van der Waals surface area contributed by atoms with Gasteiger partial charge in [-0.2, -0.15) is 0 Å². The molecule has 0 aromatic rings. The molecule has 0 atom stereocenters. The average molecular weight is 486 g/mol. The third kappa shape index (κ3) is 67.2. The first-order chi connectivity index (χ1) is 5.24. The predicted octanol–water partition coefficient (Wildman–Crippen LogP) is -0.786. The van der Waals surface area contributed by atoms with Gasteiger partial charge in [0, 0.05) is 0 Å².